The first-order chi connectivity index (χ1) is 13.1. The molecule has 0 aliphatic rings. The Bertz CT molecular complexity index is 1060. The van der Waals surface area contributed by atoms with Gasteiger partial charge in [-0.2, -0.15) is 0 Å². The second-order valence-electron chi connectivity index (χ2n) is 5.86. The summed E-state index contributed by atoms with van der Waals surface area (Å²) >= 11 is 7.39. The summed E-state index contributed by atoms with van der Waals surface area (Å²) in [6.45, 7) is 1.90. The van der Waals surface area contributed by atoms with E-state index in [-0.39, 0.29) is 0 Å². The van der Waals surface area contributed by atoms with Gasteiger partial charge in [0.25, 0.3) is 0 Å². The maximum atomic E-state index is 6.17. The molecule has 2 heterocycles. The molecular formula is C19H16ClN5OS. The average molecular weight is 398 g/mol. The zero-order valence-electron chi connectivity index (χ0n) is 14.5. The third kappa shape index (κ3) is 3.70. The number of rotatable bonds is 5. The summed E-state index contributed by atoms with van der Waals surface area (Å²) in [7, 11) is 0. The lowest BCUT2D eigenvalue weighted by Gasteiger charge is -2.03. The Labute approximate surface area is 165 Å². The van der Waals surface area contributed by atoms with Crippen molar-refractivity contribution in [2.75, 3.05) is 5.84 Å². The summed E-state index contributed by atoms with van der Waals surface area (Å²) in [5.74, 6) is 8.72. The van der Waals surface area contributed by atoms with E-state index in [0.29, 0.717) is 27.6 Å². The SMILES string of the molecule is Cc1oc(-c2ccccc2)nc1CSc1nnc(-c2ccc(Cl)cc2)n1N. The number of halogens is 1. The Morgan fingerprint density at radius 3 is 2.52 bits per heavy atom. The summed E-state index contributed by atoms with van der Waals surface area (Å²) in [6, 6.07) is 17.1. The van der Waals surface area contributed by atoms with E-state index in [1.54, 1.807) is 12.1 Å². The lowest BCUT2D eigenvalue weighted by Crippen LogP contribution is -2.11. The van der Waals surface area contributed by atoms with E-state index < -0.39 is 0 Å². The van der Waals surface area contributed by atoms with Crippen LogP contribution in [0.5, 0.6) is 0 Å². The molecule has 27 heavy (non-hydrogen) atoms. The number of aryl methyl sites for hydroxylation is 1. The van der Waals surface area contributed by atoms with Crippen molar-refractivity contribution in [3.8, 4) is 22.8 Å². The van der Waals surface area contributed by atoms with Gasteiger partial charge in [-0.3, -0.25) is 0 Å². The van der Waals surface area contributed by atoms with Crippen molar-refractivity contribution in [2.45, 2.75) is 17.8 Å². The average Bonchev–Trinajstić information content (AvgIpc) is 3.24. The zero-order valence-corrected chi connectivity index (χ0v) is 16.0. The van der Waals surface area contributed by atoms with Crippen LogP contribution in [-0.4, -0.2) is 19.9 Å². The minimum Gasteiger partial charge on any atom is -0.441 e. The molecule has 0 saturated carbocycles. The van der Waals surface area contributed by atoms with Gasteiger partial charge in [0.2, 0.25) is 11.0 Å². The predicted octanol–water partition coefficient (Wildman–Crippen LogP) is 4.57. The predicted molar refractivity (Wildman–Crippen MR) is 107 cm³/mol. The van der Waals surface area contributed by atoms with Crippen molar-refractivity contribution >= 4 is 23.4 Å². The molecule has 2 aromatic heterocycles. The fourth-order valence-corrected chi connectivity index (χ4v) is 3.55. The molecule has 6 nitrogen and oxygen atoms in total. The lowest BCUT2D eigenvalue weighted by atomic mass is 10.2. The molecule has 0 aliphatic carbocycles. The van der Waals surface area contributed by atoms with Crippen LogP contribution in [0.15, 0.2) is 64.2 Å². The smallest absolute Gasteiger partial charge is 0.226 e. The number of thioether (sulfide) groups is 1. The molecule has 0 bridgehead atoms. The van der Waals surface area contributed by atoms with Crippen molar-refractivity contribution in [3.63, 3.8) is 0 Å². The van der Waals surface area contributed by atoms with Crippen molar-refractivity contribution in [1.82, 2.24) is 19.9 Å². The highest BCUT2D eigenvalue weighted by Crippen LogP contribution is 2.28. The Balaban J connectivity index is 1.51. The van der Waals surface area contributed by atoms with E-state index in [0.717, 1.165) is 22.6 Å². The van der Waals surface area contributed by atoms with Gasteiger partial charge in [-0.25, -0.2) is 9.66 Å². The molecule has 0 aliphatic heterocycles. The van der Waals surface area contributed by atoms with Crippen LogP contribution in [0.2, 0.25) is 5.02 Å². The minimum atomic E-state index is 0.580. The molecular weight excluding hydrogens is 382 g/mol. The molecule has 0 spiro atoms. The quantitative estimate of drug-likeness (QED) is 0.392. The van der Waals surface area contributed by atoms with Gasteiger partial charge < -0.3 is 10.3 Å². The fraction of sp³-hybridized carbons (Fsp3) is 0.105. The van der Waals surface area contributed by atoms with E-state index in [1.807, 2.05) is 49.4 Å². The summed E-state index contributed by atoms with van der Waals surface area (Å²) < 4.78 is 7.27. The van der Waals surface area contributed by atoms with Crippen LogP contribution >= 0.6 is 23.4 Å². The van der Waals surface area contributed by atoms with Crippen LogP contribution < -0.4 is 5.84 Å². The topological polar surface area (TPSA) is 82.8 Å². The normalized spacial score (nSPS) is 11.0. The number of nitrogen functional groups attached to an aromatic ring is 1. The number of hydrogen-bond donors (Lipinski definition) is 1. The Morgan fingerprint density at radius 1 is 1.04 bits per heavy atom. The lowest BCUT2D eigenvalue weighted by molar-refractivity contribution is 0.540. The third-order valence-electron chi connectivity index (χ3n) is 4.02. The van der Waals surface area contributed by atoms with E-state index in [4.69, 9.17) is 21.9 Å². The number of nitrogens with zero attached hydrogens (tertiary/aromatic N) is 4. The van der Waals surface area contributed by atoms with Gasteiger partial charge in [0.15, 0.2) is 5.82 Å². The van der Waals surface area contributed by atoms with E-state index >= 15 is 0 Å². The molecule has 0 unspecified atom stereocenters. The molecule has 4 rings (SSSR count). The van der Waals surface area contributed by atoms with E-state index in [1.165, 1.54) is 16.4 Å². The number of nitrogens with two attached hydrogens (primary N) is 1. The fourth-order valence-electron chi connectivity index (χ4n) is 2.57. The summed E-state index contributed by atoms with van der Waals surface area (Å²) in [5.41, 5.74) is 2.66. The second-order valence-corrected chi connectivity index (χ2v) is 7.24. The highest BCUT2D eigenvalue weighted by Gasteiger charge is 2.16. The molecule has 0 fully saturated rings. The molecule has 136 valence electrons. The largest absolute Gasteiger partial charge is 0.441 e. The third-order valence-corrected chi connectivity index (χ3v) is 5.22. The molecule has 8 heteroatoms. The monoisotopic (exact) mass is 397 g/mol. The maximum Gasteiger partial charge on any atom is 0.226 e. The first-order valence-electron chi connectivity index (χ1n) is 8.23. The van der Waals surface area contributed by atoms with E-state index in [9.17, 15) is 0 Å². The molecule has 0 atom stereocenters. The maximum absolute atomic E-state index is 6.17. The second kappa shape index (κ2) is 7.46. The number of aromatic nitrogens is 4. The van der Waals surface area contributed by atoms with Crippen molar-refractivity contribution in [2.24, 2.45) is 0 Å². The summed E-state index contributed by atoms with van der Waals surface area (Å²) in [4.78, 5) is 4.60. The summed E-state index contributed by atoms with van der Waals surface area (Å²) in [5, 5.41) is 9.63. The van der Waals surface area contributed by atoms with Crippen LogP contribution in [0.4, 0.5) is 0 Å². The molecule has 0 saturated heterocycles. The van der Waals surface area contributed by atoms with Gasteiger partial charge in [0, 0.05) is 21.9 Å². The Morgan fingerprint density at radius 2 is 1.78 bits per heavy atom. The number of benzene rings is 2. The van der Waals surface area contributed by atoms with Crippen LogP contribution in [-0.2, 0) is 5.75 Å². The van der Waals surface area contributed by atoms with Crippen LogP contribution in [0.1, 0.15) is 11.5 Å². The van der Waals surface area contributed by atoms with Gasteiger partial charge >= 0.3 is 0 Å². The standard InChI is InChI=1S/C19H16ClN5OS/c1-12-16(22-18(26-12)14-5-3-2-4-6-14)11-27-19-24-23-17(25(19)21)13-7-9-15(20)10-8-13/h2-10H,11,21H2,1H3. The first kappa shape index (κ1) is 17.6. The van der Waals surface area contributed by atoms with Gasteiger partial charge in [0.1, 0.15) is 5.76 Å². The molecule has 0 amide bonds. The number of hydrogen-bond acceptors (Lipinski definition) is 6. The van der Waals surface area contributed by atoms with Crippen LogP contribution in [0, 0.1) is 6.92 Å². The molecule has 2 aromatic carbocycles. The van der Waals surface area contributed by atoms with Gasteiger partial charge in [-0.15, -0.1) is 10.2 Å². The first-order valence-corrected chi connectivity index (χ1v) is 9.59. The summed E-state index contributed by atoms with van der Waals surface area (Å²) in [6.07, 6.45) is 0. The van der Waals surface area contributed by atoms with Crippen molar-refractivity contribution in [3.05, 3.63) is 71.1 Å². The van der Waals surface area contributed by atoms with Gasteiger partial charge in [-0.05, 0) is 43.3 Å². The minimum absolute atomic E-state index is 0.580. The van der Waals surface area contributed by atoms with E-state index in [2.05, 4.69) is 15.2 Å². The van der Waals surface area contributed by atoms with Gasteiger partial charge in [-0.1, -0.05) is 41.6 Å². The Kier molecular flexibility index (Phi) is 4.87. The molecule has 4 aromatic rings. The van der Waals surface area contributed by atoms with Gasteiger partial charge in [0.05, 0.1) is 5.69 Å². The zero-order chi connectivity index (χ0) is 18.8. The van der Waals surface area contributed by atoms with Crippen LogP contribution in [0.25, 0.3) is 22.8 Å². The van der Waals surface area contributed by atoms with Crippen LogP contribution in [0.3, 0.4) is 0 Å². The highest BCUT2D eigenvalue weighted by atomic mass is 35.5. The Hall–Kier alpha value is -2.77. The van der Waals surface area contributed by atoms with Crippen molar-refractivity contribution < 1.29 is 4.42 Å². The molecule has 2 N–H and O–H groups in total. The number of oxazole rings is 1. The highest BCUT2D eigenvalue weighted by molar-refractivity contribution is 7.98. The van der Waals surface area contributed by atoms with Crippen molar-refractivity contribution in [1.29, 1.82) is 0 Å². The molecule has 0 radical (unpaired) electrons.